The van der Waals surface area contributed by atoms with Gasteiger partial charge in [0.05, 0.1) is 5.69 Å². The molecule has 0 saturated heterocycles. The molecular weight excluding hydrogens is 158 g/mol. The monoisotopic (exact) mass is 173 g/mol. The van der Waals surface area contributed by atoms with Gasteiger partial charge in [0.15, 0.2) is 0 Å². The van der Waals surface area contributed by atoms with Crippen LogP contribution >= 0.6 is 0 Å². The van der Waals surface area contributed by atoms with Gasteiger partial charge in [0, 0.05) is 6.20 Å². The molecule has 1 heterocycles. The van der Waals surface area contributed by atoms with Crippen LogP contribution < -0.4 is 0 Å². The van der Waals surface area contributed by atoms with E-state index in [1.807, 2.05) is 26.1 Å². The molecule has 1 nitrogen and oxygen atoms in total. The Bertz CT molecular complexity index is 348. The third kappa shape index (κ3) is 2.05. The lowest BCUT2D eigenvalue weighted by molar-refractivity contribution is 1.21. The van der Waals surface area contributed by atoms with Crippen molar-refractivity contribution in [1.29, 1.82) is 0 Å². The van der Waals surface area contributed by atoms with Crippen LogP contribution in [-0.4, -0.2) is 4.98 Å². The molecule has 0 bridgehead atoms. The maximum absolute atomic E-state index is 4.34. The van der Waals surface area contributed by atoms with Gasteiger partial charge in [-0.15, -0.1) is 0 Å². The van der Waals surface area contributed by atoms with Crippen LogP contribution in [0.25, 0.3) is 5.57 Å². The Morgan fingerprint density at radius 3 is 2.69 bits per heavy atom. The van der Waals surface area contributed by atoms with Crippen LogP contribution in [0, 0.1) is 6.92 Å². The third-order valence-corrected chi connectivity index (χ3v) is 2.01. The second-order valence-corrected chi connectivity index (χ2v) is 3.15. The number of rotatable bonds is 2. The van der Waals surface area contributed by atoms with Gasteiger partial charge in [-0.25, -0.2) is 0 Å². The molecule has 0 aromatic carbocycles. The molecule has 0 amide bonds. The molecule has 0 fully saturated rings. The van der Waals surface area contributed by atoms with Gasteiger partial charge in [-0.3, -0.25) is 4.98 Å². The van der Waals surface area contributed by atoms with Gasteiger partial charge in [0.25, 0.3) is 0 Å². The fraction of sp³-hybridized carbons (Fsp3) is 0.250. The molecule has 1 heteroatoms. The summed E-state index contributed by atoms with van der Waals surface area (Å²) in [6.45, 7) is 10.0. The summed E-state index contributed by atoms with van der Waals surface area (Å²) in [6, 6.07) is 4.01. The number of aromatic nitrogens is 1. The fourth-order valence-electron chi connectivity index (χ4n) is 1.35. The third-order valence-electron chi connectivity index (χ3n) is 2.01. The summed E-state index contributed by atoms with van der Waals surface area (Å²) in [4.78, 5) is 4.34. The van der Waals surface area contributed by atoms with Crippen LogP contribution in [0.1, 0.15) is 25.1 Å². The largest absolute Gasteiger partial charge is 0.256 e. The summed E-state index contributed by atoms with van der Waals surface area (Å²) in [5, 5.41) is 0. The van der Waals surface area contributed by atoms with Crippen molar-refractivity contribution in [2.75, 3.05) is 0 Å². The Hall–Kier alpha value is -1.37. The number of allylic oxidation sites excluding steroid dienone is 3. The van der Waals surface area contributed by atoms with Gasteiger partial charge >= 0.3 is 0 Å². The van der Waals surface area contributed by atoms with E-state index in [0.717, 1.165) is 16.8 Å². The van der Waals surface area contributed by atoms with Gasteiger partial charge in [0.2, 0.25) is 0 Å². The molecule has 1 rings (SSSR count). The molecule has 0 aliphatic rings. The van der Waals surface area contributed by atoms with Crippen molar-refractivity contribution < 1.29 is 0 Å². The lowest BCUT2D eigenvalue weighted by Gasteiger charge is -2.07. The number of pyridine rings is 1. The van der Waals surface area contributed by atoms with Gasteiger partial charge in [-0.05, 0) is 43.5 Å². The molecule has 0 N–H and O–H groups in total. The highest BCUT2D eigenvalue weighted by Gasteiger charge is 2.04. The highest BCUT2D eigenvalue weighted by molar-refractivity contribution is 5.76. The first kappa shape index (κ1) is 9.72. The Morgan fingerprint density at radius 2 is 2.23 bits per heavy atom. The summed E-state index contributed by atoms with van der Waals surface area (Å²) >= 11 is 0. The van der Waals surface area contributed by atoms with Crippen LogP contribution in [0.5, 0.6) is 0 Å². The van der Waals surface area contributed by atoms with Crippen molar-refractivity contribution in [2.45, 2.75) is 20.8 Å². The average molecular weight is 173 g/mol. The van der Waals surface area contributed by atoms with E-state index in [1.165, 1.54) is 5.56 Å². The van der Waals surface area contributed by atoms with Crippen molar-refractivity contribution >= 4 is 5.57 Å². The number of hydrogen-bond donors (Lipinski definition) is 0. The highest BCUT2D eigenvalue weighted by atomic mass is 14.7. The average Bonchev–Trinajstić information content (AvgIpc) is 2.09. The minimum absolute atomic E-state index is 1.04. The van der Waals surface area contributed by atoms with Crippen LogP contribution in [0.3, 0.4) is 0 Å². The number of nitrogens with zero attached hydrogens (tertiary/aromatic N) is 1. The molecule has 1 aromatic heterocycles. The summed E-state index contributed by atoms with van der Waals surface area (Å²) in [7, 11) is 0. The molecule has 0 spiro atoms. The van der Waals surface area contributed by atoms with Gasteiger partial charge in [-0.1, -0.05) is 18.7 Å². The minimum atomic E-state index is 1.04. The molecular formula is C12H15N. The second-order valence-electron chi connectivity index (χ2n) is 3.15. The van der Waals surface area contributed by atoms with Gasteiger partial charge < -0.3 is 0 Å². The molecule has 0 unspecified atom stereocenters. The Kier molecular flexibility index (Phi) is 3.02. The number of hydrogen-bond acceptors (Lipinski definition) is 1. The van der Waals surface area contributed by atoms with Crippen molar-refractivity contribution in [3.8, 4) is 0 Å². The van der Waals surface area contributed by atoms with Crippen LogP contribution in [-0.2, 0) is 0 Å². The van der Waals surface area contributed by atoms with Crippen LogP contribution in [0.4, 0.5) is 0 Å². The fourth-order valence-corrected chi connectivity index (χ4v) is 1.35. The van der Waals surface area contributed by atoms with E-state index in [9.17, 15) is 0 Å². The predicted octanol–water partition coefficient (Wildman–Crippen LogP) is 3.37. The highest BCUT2D eigenvalue weighted by Crippen LogP contribution is 2.21. The normalized spacial score (nSPS) is 11.5. The first-order valence-corrected chi connectivity index (χ1v) is 4.41. The topological polar surface area (TPSA) is 12.9 Å². The zero-order valence-electron chi connectivity index (χ0n) is 8.46. The standard InChI is InChI=1S/C12H15N/c1-5-11(9(2)3)12-10(4)7-6-8-13-12/h5-8H,2H2,1,3-4H3/b11-5-. The van der Waals surface area contributed by atoms with E-state index in [2.05, 4.69) is 30.6 Å². The Labute approximate surface area is 79.8 Å². The first-order valence-electron chi connectivity index (χ1n) is 4.41. The predicted molar refractivity (Wildman–Crippen MR) is 57.4 cm³/mol. The summed E-state index contributed by atoms with van der Waals surface area (Å²) in [6.07, 6.45) is 3.87. The molecule has 0 aliphatic heterocycles. The molecule has 68 valence electrons. The van der Waals surface area contributed by atoms with Crippen molar-refractivity contribution in [3.05, 3.63) is 47.8 Å². The number of aryl methyl sites for hydroxylation is 1. The maximum atomic E-state index is 4.34. The zero-order chi connectivity index (χ0) is 9.84. The summed E-state index contributed by atoms with van der Waals surface area (Å²) < 4.78 is 0. The van der Waals surface area contributed by atoms with E-state index in [1.54, 1.807) is 0 Å². The molecule has 0 atom stereocenters. The quantitative estimate of drug-likeness (QED) is 0.625. The smallest absolute Gasteiger partial charge is 0.0730 e. The molecule has 13 heavy (non-hydrogen) atoms. The SMILES string of the molecule is C=C(C)/C(=C/C)c1ncccc1C. The van der Waals surface area contributed by atoms with Crippen LogP contribution in [0.2, 0.25) is 0 Å². The van der Waals surface area contributed by atoms with E-state index in [-0.39, 0.29) is 0 Å². The second kappa shape index (κ2) is 4.04. The molecule has 0 radical (unpaired) electrons. The zero-order valence-corrected chi connectivity index (χ0v) is 8.46. The van der Waals surface area contributed by atoms with Gasteiger partial charge in [-0.2, -0.15) is 0 Å². The van der Waals surface area contributed by atoms with Crippen molar-refractivity contribution in [2.24, 2.45) is 0 Å². The Morgan fingerprint density at radius 1 is 1.54 bits per heavy atom. The lowest BCUT2D eigenvalue weighted by atomic mass is 10.0. The molecule has 0 saturated carbocycles. The minimum Gasteiger partial charge on any atom is -0.256 e. The summed E-state index contributed by atoms with van der Waals surface area (Å²) in [5.41, 5.74) is 4.43. The van der Waals surface area contributed by atoms with E-state index in [0.29, 0.717) is 0 Å². The lowest BCUT2D eigenvalue weighted by Crippen LogP contribution is -1.93. The van der Waals surface area contributed by atoms with Crippen LogP contribution in [0.15, 0.2) is 36.6 Å². The van der Waals surface area contributed by atoms with Crippen molar-refractivity contribution in [1.82, 2.24) is 4.98 Å². The molecule has 1 aromatic rings. The van der Waals surface area contributed by atoms with E-state index < -0.39 is 0 Å². The van der Waals surface area contributed by atoms with Gasteiger partial charge in [0.1, 0.15) is 0 Å². The first-order chi connectivity index (χ1) is 6.16. The Balaban J connectivity index is 3.21. The van der Waals surface area contributed by atoms with E-state index in [4.69, 9.17) is 0 Å². The van der Waals surface area contributed by atoms with Crippen molar-refractivity contribution in [3.63, 3.8) is 0 Å². The molecule has 0 aliphatic carbocycles. The summed E-state index contributed by atoms with van der Waals surface area (Å²) in [5.74, 6) is 0. The van der Waals surface area contributed by atoms with E-state index >= 15 is 0 Å². The maximum Gasteiger partial charge on any atom is 0.0730 e.